The SMILES string of the molecule is COc1cnc(C(=O)Nc2ccncc2)c(Cl)c1. The normalized spacial score (nSPS) is 9.89. The lowest BCUT2D eigenvalue weighted by molar-refractivity contribution is 0.102. The molecule has 0 saturated carbocycles. The highest BCUT2D eigenvalue weighted by Gasteiger charge is 2.13. The number of halogens is 1. The Hall–Kier alpha value is -2.14. The maximum absolute atomic E-state index is 11.9. The quantitative estimate of drug-likeness (QED) is 0.923. The summed E-state index contributed by atoms with van der Waals surface area (Å²) in [4.78, 5) is 19.7. The molecule has 0 fully saturated rings. The summed E-state index contributed by atoms with van der Waals surface area (Å²) in [6.45, 7) is 0. The third-order valence-electron chi connectivity index (χ3n) is 2.21. The predicted molar refractivity (Wildman–Crippen MR) is 68.0 cm³/mol. The molecule has 0 aromatic carbocycles. The number of aromatic nitrogens is 2. The lowest BCUT2D eigenvalue weighted by Gasteiger charge is -2.06. The summed E-state index contributed by atoms with van der Waals surface area (Å²) < 4.78 is 4.96. The first-order valence-electron chi connectivity index (χ1n) is 5.11. The lowest BCUT2D eigenvalue weighted by atomic mass is 10.3. The van der Waals surface area contributed by atoms with Gasteiger partial charge in [-0.15, -0.1) is 0 Å². The van der Waals surface area contributed by atoms with Crippen molar-refractivity contribution in [3.05, 3.63) is 47.5 Å². The molecule has 92 valence electrons. The zero-order valence-electron chi connectivity index (χ0n) is 9.55. The smallest absolute Gasteiger partial charge is 0.275 e. The van der Waals surface area contributed by atoms with Crippen molar-refractivity contribution in [2.75, 3.05) is 12.4 Å². The van der Waals surface area contributed by atoms with Gasteiger partial charge in [0.25, 0.3) is 5.91 Å². The van der Waals surface area contributed by atoms with Crippen molar-refractivity contribution >= 4 is 23.2 Å². The van der Waals surface area contributed by atoms with Crippen LogP contribution in [0.25, 0.3) is 0 Å². The molecule has 5 nitrogen and oxygen atoms in total. The molecule has 2 rings (SSSR count). The number of amides is 1. The van der Waals surface area contributed by atoms with E-state index in [2.05, 4.69) is 15.3 Å². The number of nitrogens with one attached hydrogen (secondary N) is 1. The minimum absolute atomic E-state index is 0.147. The summed E-state index contributed by atoms with van der Waals surface area (Å²) in [5.41, 5.74) is 0.776. The average molecular weight is 264 g/mol. The van der Waals surface area contributed by atoms with E-state index < -0.39 is 0 Å². The Morgan fingerprint density at radius 1 is 1.39 bits per heavy atom. The molecule has 1 amide bonds. The van der Waals surface area contributed by atoms with Crippen LogP contribution in [0.15, 0.2) is 36.8 Å². The standard InChI is InChI=1S/C12H10ClN3O2/c1-18-9-6-10(13)11(15-7-9)12(17)16-8-2-4-14-5-3-8/h2-7H,1H3,(H,14,16,17). The molecule has 0 unspecified atom stereocenters. The maximum atomic E-state index is 11.9. The zero-order chi connectivity index (χ0) is 13.0. The van der Waals surface area contributed by atoms with Crippen molar-refractivity contribution in [2.24, 2.45) is 0 Å². The van der Waals surface area contributed by atoms with Gasteiger partial charge in [-0.3, -0.25) is 9.78 Å². The van der Waals surface area contributed by atoms with Crippen LogP contribution in [0.5, 0.6) is 5.75 Å². The number of anilines is 1. The van der Waals surface area contributed by atoms with E-state index in [4.69, 9.17) is 16.3 Å². The molecule has 0 bridgehead atoms. The van der Waals surface area contributed by atoms with E-state index in [-0.39, 0.29) is 16.6 Å². The molecule has 0 aliphatic carbocycles. The summed E-state index contributed by atoms with van der Waals surface area (Å²) >= 11 is 5.95. The van der Waals surface area contributed by atoms with Crippen molar-refractivity contribution in [1.82, 2.24) is 9.97 Å². The molecule has 2 aromatic rings. The fraction of sp³-hybridized carbons (Fsp3) is 0.0833. The van der Waals surface area contributed by atoms with Crippen LogP contribution in [0.2, 0.25) is 5.02 Å². The molecule has 0 radical (unpaired) electrons. The molecule has 2 heterocycles. The van der Waals surface area contributed by atoms with E-state index in [1.54, 1.807) is 24.5 Å². The van der Waals surface area contributed by atoms with Gasteiger partial charge in [0.2, 0.25) is 0 Å². The molecule has 1 N–H and O–H groups in total. The Balaban J connectivity index is 2.19. The Morgan fingerprint density at radius 3 is 2.72 bits per heavy atom. The fourth-order valence-electron chi connectivity index (χ4n) is 1.32. The van der Waals surface area contributed by atoms with Crippen LogP contribution in [0.1, 0.15) is 10.5 Å². The lowest BCUT2D eigenvalue weighted by Crippen LogP contribution is -2.14. The maximum Gasteiger partial charge on any atom is 0.275 e. The molecule has 0 aliphatic rings. The van der Waals surface area contributed by atoms with Gasteiger partial charge >= 0.3 is 0 Å². The van der Waals surface area contributed by atoms with Gasteiger partial charge < -0.3 is 10.1 Å². The second-order valence-corrected chi connectivity index (χ2v) is 3.80. The Bertz CT molecular complexity index is 561. The minimum atomic E-state index is -0.381. The number of ether oxygens (including phenoxy) is 1. The van der Waals surface area contributed by atoms with Gasteiger partial charge in [-0.1, -0.05) is 11.6 Å². The Labute approximate surface area is 109 Å². The average Bonchev–Trinajstić information content (AvgIpc) is 2.39. The van der Waals surface area contributed by atoms with Crippen LogP contribution in [-0.2, 0) is 0 Å². The first kappa shape index (κ1) is 12.3. The van der Waals surface area contributed by atoms with Crippen LogP contribution >= 0.6 is 11.6 Å². The number of hydrogen-bond acceptors (Lipinski definition) is 4. The highest BCUT2D eigenvalue weighted by molar-refractivity contribution is 6.34. The Kier molecular flexibility index (Phi) is 3.74. The predicted octanol–water partition coefficient (Wildman–Crippen LogP) is 2.39. The van der Waals surface area contributed by atoms with Gasteiger partial charge in [0.05, 0.1) is 18.3 Å². The third-order valence-corrected chi connectivity index (χ3v) is 2.49. The number of pyridine rings is 2. The summed E-state index contributed by atoms with van der Waals surface area (Å²) in [7, 11) is 1.50. The molecule has 2 aromatic heterocycles. The van der Waals surface area contributed by atoms with Crippen LogP contribution in [0.4, 0.5) is 5.69 Å². The van der Waals surface area contributed by atoms with Crippen molar-refractivity contribution in [2.45, 2.75) is 0 Å². The van der Waals surface area contributed by atoms with E-state index in [1.807, 2.05) is 0 Å². The molecular weight excluding hydrogens is 254 g/mol. The first-order chi connectivity index (χ1) is 8.70. The number of carbonyl (C=O) groups is 1. The molecule has 0 aliphatic heterocycles. The van der Waals surface area contributed by atoms with Crippen molar-refractivity contribution in [3.63, 3.8) is 0 Å². The van der Waals surface area contributed by atoms with Gasteiger partial charge in [0.1, 0.15) is 11.4 Å². The fourth-order valence-corrected chi connectivity index (χ4v) is 1.57. The van der Waals surface area contributed by atoms with Gasteiger partial charge in [0, 0.05) is 24.1 Å². The number of rotatable bonds is 3. The highest BCUT2D eigenvalue weighted by Crippen LogP contribution is 2.20. The summed E-state index contributed by atoms with van der Waals surface area (Å²) in [5.74, 6) is 0.120. The van der Waals surface area contributed by atoms with E-state index in [0.29, 0.717) is 11.4 Å². The van der Waals surface area contributed by atoms with E-state index in [0.717, 1.165) is 0 Å². The summed E-state index contributed by atoms with van der Waals surface area (Å²) in [6, 6.07) is 4.89. The van der Waals surface area contributed by atoms with Crippen molar-refractivity contribution in [1.29, 1.82) is 0 Å². The second-order valence-electron chi connectivity index (χ2n) is 3.40. The molecule has 6 heteroatoms. The third kappa shape index (κ3) is 2.75. The number of carbonyl (C=O) groups excluding carboxylic acids is 1. The molecular formula is C12H10ClN3O2. The first-order valence-corrected chi connectivity index (χ1v) is 5.49. The van der Waals surface area contributed by atoms with Gasteiger partial charge in [-0.25, -0.2) is 4.98 Å². The van der Waals surface area contributed by atoms with Crippen LogP contribution in [-0.4, -0.2) is 23.0 Å². The molecule has 0 saturated heterocycles. The summed E-state index contributed by atoms with van der Waals surface area (Å²) in [6.07, 6.45) is 4.60. The van der Waals surface area contributed by atoms with E-state index >= 15 is 0 Å². The largest absolute Gasteiger partial charge is 0.495 e. The number of nitrogens with zero attached hydrogens (tertiary/aromatic N) is 2. The molecule has 0 spiro atoms. The van der Waals surface area contributed by atoms with Crippen molar-refractivity contribution < 1.29 is 9.53 Å². The zero-order valence-corrected chi connectivity index (χ0v) is 10.3. The second kappa shape index (κ2) is 5.46. The topological polar surface area (TPSA) is 64.1 Å². The van der Waals surface area contributed by atoms with Gasteiger partial charge in [-0.2, -0.15) is 0 Å². The van der Waals surface area contributed by atoms with Crippen molar-refractivity contribution in [3.8, 4) is 5.75 Å². The Morgan fingerprint density at radius 2 is 2.11 bits per heavy atom. The number of methoxy groups -OCH3 is 1. The number of hydrogen-bond donors (Lipinski definition) is 1. The van der Waals surface area contributed by atoms with Gasteiger partial charge in [0.15, 0.2) is 0 Å². The van der Waals surface area contributed by atoms with E-state index in [1.165, 1.54) is 19.4 Å². The molecule has 18 heavy (non-hydrogen) atoms. The van der Waals surface area contributed by atoms with Crippen LogP contribution < -0.4 is 10.1 Å². The van der Waals surface area contributed by atoms with Crippen LogP contribution in [0.3, 0.4) is 0 Å². The summed E-state index contributed by atoms with van der Waals surface area (Å²) in [5, 5.41) is 2.91. The highest BCUT2D eigenvalue weighted by atomic mass is 35.5. The molecule has 0 atom stereocenters. The monoisotopic (exact) mass is 263 g/mol. The van der Waals surface area contributed by atoms with Gasteiger partial charge in [-0.05, 0) is 12.1 Å². The van der Waals surface area contributed by atoms with Crippen LogP contribution in [0, 0.1) is 0 Å². The van der Waals surface area contributed by atoms with E-state index in [9.17, 15) is 4.79 Å². The minimum Gasteiger partial charge on any atom is -0.495 e.